The first kappa shape index (κ1) is 14.0. The monoisotopic (exact) mass is 298 g/mol. The molecule has 0 radical (unpaired) electrons. The number of benzene rings is 1. The van der Waals surface area contributed by atoms with Gasteiger partial charge in [0.05, 0.1) is 18.3 Å². The lowest BCUT2D eigenvalue weighted by Gasteiger charge is -2.13. The highest BCUT2D eigenvalue weighted by Gasteiger charge is 2.14. The Morgan fingerprint density at radius 3 is 2.71 bits per heavy atom. The van der Waals surface area contributed by atoms with Crippen molar-refractivity contribution in [1.29, 1.82) is 0 Å². The molecule has 1 aromatic carbocycles. The van der Waals surface area contributed by atoms with Gasteiger partial charge in [-0.2, -0.15) is 0 Å². The van der Waals surface area contributed by atoms with Crippen LogP contribution in [-0.4, -0.2) is 11.1 Å². The molecule has 0 amide bonds. The minimum atomic E-state index is -0.175. The van der Waals surface area contributed by atoms with E-state index < -0.39 is 0 Å². The molecule has 0 spiro atoms. The number of pyridine rings is 1. The topological polar surface area (TPSA) is 48.1 Å². The number of thiophene rings is 1. The van der Waals surface area contributed by atoms with Gasteiger partial charge >= 0.3 is 0 Å². The fourth-order valence-electron chi connectivity index (χ4n) is 2.26. The zero-order chi connectivity index (χ0) is 14.8. The number of hydrogen-bond donors (Lipinski definition) is 1. The molecule has 0 bridgehead atoms. The summed E-state index contributed by atoms with van der Waals surface area (Å²) in [5.74, 6) is 0.763. The zero-order valence-corrected chi connectivity index (χ0v) is 12.9. The summed E-state index contributed by atoms with van der Waals surface area (Å²) >= 11 is 1.73. The second-order valence-corrected chi connectivity index (χ2v) is 6.40. The largest absolute Gasteiger partial charge is 0.489 e. The Labute approximate surface area is 128 Å². The van der Waals surface area contributed by atoms with Gasteiger partial charge in [0.25, 0.3) is 0 Å². The predicted octanol–water partition coefficient (Wildman–Crippen LogP) is 4.13. The summed E-state index contributed by atoms with van der Waals surface area (Å²) in [7, 11) is 0. The van der Waals surface area contributed by atoms with Gasteiger partial charge in [0.2, 0.25) is 0 Å². The van der Waals surface area contributed by atoms with Gasteiger partial charge in [-0.25, -0.2) is 0 Å². The molecule has 2 heterocycles. The minimum absolute atomic E-state index is 0.127. The summed E-state index contributed by atoms with van der Waals surface area (Å²) in [6.45, 7) is 4.00. The van der Waals surface area contributed by atoms with Gasteiger partial charge in [-0.3, -0.25) is 4.98 Å². The number of rotatable bonds is 4. The maximum absolute atomic E-state index is 6.39. The summed E-state index contributed by atoms with van der Waals surface area (Å²) in [4.78, 5) is 5.38. The van der Waals surface area contributed by atoms with E-state index in [1.807, 2.05) is 38.2 Å². The van der Waals surface area contributed by atoms with Crippen molar-refractivity contribution in [2.45, 2.75) is 26.0 Å². The number of ether oxygens (including phenoxy) is 1. The molecule has 0 fully saturated rings. The molecule has 108 valence electrons. The molecule has 0 aliphatic rings. The van der Waals surface area contributed by atoms with E-state index in [0.29, 0.717) is 0 Å². The zero-order valence-electron chi connectivity index (χ0n) is 12.1. The van der Waals surface area contributed by atoms with Crippen LogP contribution < -0.4 is 10.5 Å². The quantitative estimate of drug-likeness (QED) is 0.787. The fourth-order valence-corrected chi connectivity index (χ4v) is 3.36. The van der Waals surface area contributed by atoms with Gasteiger partial charge in [-0.15, -0.1) is 11.3 Å². The van der Waals surface area contributed by atoms with Gasteiger partial charge < -0.3 is 10.5 Å². The maximum Gasteiger partial charge on any atom is 0.138 e. The molecule has 2 N–H and O–H groups in total. The highest BCUT2D eigenvalue weighted by Crippen LogP contribution is 2.32. The molecule has 0 saturated heterocycles. The van der Waals surface area contributed by atoms with Gasteiger partial charge in [0.15, 0.2) is 0 Å². The summed E-state index contributed by atoms with van der Waals surface area (Å²) in [5.41, 5.74) is 7.37. The Balaban J connectivity index is 1.92. The Hall–Kier alpha value is -1.91. The van der Waals surface area contributed by atoms with Crippen molar-refractivity contribution in [2.75, 3.05) is 0 Å². The predicted molar refractivity (Wildman–Crippen MR) is 87.9 cm³/mol. The van der Waals surface area contributed by atoms with Crippen molar-refractivity contribution >= 4 is 21.4 Å². The Morgan fingerprint density at radius 1 is 1.14 bits per heavy atom. The van der Waals surface area contributed by atoms with E-state index in [2.05, 4.69) is 23.2 Å². The third-order valence-corrected chi connectivity index (χ3v) is 4.42. The molecule has 1 atom stereocenters. The minimum Gasteiger partial charge on any atom is -0.489 e. The van der Waals surface area contributed by atoms with E-state index in [1.54, 1.807) is 17.5 Å². The molecular weight excluding hydrogens is 280 g/mol. The van der Waals surface area contributed by atoms with Gasteiger partial charge in [-0.1, -0.05) is 18.2 Å². The third kappa shape index (κ3) is 3.06. The molecule has 3 aromatic rings. The van der Waals surface area contributed by atoms with Gasteiger partial charge in [0, 0.05) is 15.8 Å². The van der Waals surface area contributed by atoms with Crippen LogP contribution >= 0.6 is 11.3 Å². The highest BCUT2D eigenvalue weighted by molar-refractivity contribution is 7.19. The van der Waals surface area contributed by atoms with Crippen molar-refractivity contribution in [3.8, 4) is 5.75 Å². The third-order valence-electron chi connectivity index (χ3n) is 3.22. The highest BCUT2D eigenvalue weighted by atomic mass is 32.1. The van der Waals surface area contributed by atoms with Gasteiger partial charge in [-0.05, 0) is 43.0 Å². The summed E-state index contributed by atoms with van der Waals surface area (Å²) in [6, 6.07) is 12.3. The van der Waals surface area contributed by atoms with Crippen LogP contribution in [0, 0.1) is 0 Å². The first-order valence-corrected chi connectivity index (χ1v) is 7.81. The number of fused-ring (bicyclic) bond motifs is 1. The van der Waals surface area contributed by atoms with Crippen molar-refractivity contribution in [3.05, 3.63) is 59.2 Å². The first-order valence-electron chi connectivity index (χ1n) is 6.99. The van der Waals surface area contributed by atoms with E-state index in [0.717, 1.165) is 16.2 Å². The van der Waals surface area contributed by atoms with Crippen LogP contribution in [0.3, 0.4) is 0 Å². The van der Waals surface area contributed by atoms with E-state index >= 15 is 0 Å². The van der Waals surface area contributed by atoms with Crippen LogP contribution in [0.1, 0.15) is 30.3 Å². The molecule has 2 aromatic heterocycles. The lowest BCUT2D eigenvalue weighted by molar-refractivity contribution is 0.241. The van der Waals surface area contributed by atoms with E-state index in [-0.39, 0.29) is 12.1 Å². The fraction of sp³-hybridized carbons (Fsp3) is 0.235. The van der Waals surface area contributed by atoms with Crippen molar-refractivity contribution < 1.29 is 4.74 Å². The molecule has 0 aliphatic carbocycles. The molecule has 3 nitrogen and oxygen atoms in total. The Kier molecular flexibility index (Phi) is 3.90. The average molecular weight is 298 g/mol. The molecule has 0 saturated carbocycles. The van der Waals surface area contributed by atoms with Crippen LogP contribution in [0.2, 0.25) is 0 Å². The lowest BCUT2D eigenvalue weighted by atomic mass is 10.1. The smallest absolute Gasteiger partial charge is 0.138 e. The van der Waals surface area contributed by atoms with E-state index in [4.69, 9.17) is 10.5 Å². The van der Waals surface area contributed by atoms with Crippen LogP contribution in [-0.2, 0) is 0 Å². The second kappa shape index (κ2) is 5.84. The number of aromatic nitrogens is 1. The van der Waals surface area contributed by atoms with Crippen molar-refractivity contribution in [3.63, 3.8) is 0 Å². The second-order valence-electron chi connectivity index (χ2n) is 5.28. The molecule has 0 aliphatic heterocycles. The molecule has 1 unspecified atom stereocenters. The molecular formula is C17H18N2OS. The van der Waals surface area contributed by atoms with E-state index in [9.17, 15) is 0 Å². The van der Waals surface area contributed by atoms with Crippen molar-refractivity contribution in [1.82, 2.24) is 4.98 Å². The van der Waals surface area contributed by atoms with Gasteiger partial charge in [0.1, 0.15) is 5.75 Å². The normalized spacial score (nSPS) is 12.8. The number of nitrogens with zero attached hydrogens (tertiary/aromatic N) is 1. The molecule has 3 rings (SSSR count). The summed E-state index contributed by atoms with van der Waals surface area (Å²) in [6.07, 6.45) is 3.66. The van der Waals surface area contributed by atoms with E-state index in [1.165, 1.54) is 10.1 Å². The molecule has 4 heteroatoms. The standard InChI is InChI=1S/C17H18N2OS/c1-11(2)20-14-7-13(9-19-10-14)17(18)16-8-12-5-3-4-6-15(12)21-16/h3-11,17H,18H2,1-2H3. The van der Waals surface area contributed by atoms with Crippen molar-refractivity contribution in [2.24, 2.45) is 5.73 Å². The van der Waals surface area contributed by atoms with Crippen LogP contribution in [0.4, 0.5) is 0 Å². The lowest BCUT2D eigenvalue weighted by Crippen LogP contribution is -2.12. The summed E-state index contributed by atoms with van der Waals surface area (Å²) < 4.78 is 6.94. The number of hydrogen-bond acceptors (Lipinski definition) is 4. The Bertz CT molecular complexity index is 718. The van der Waals surface area contributed by atoms with Crippen LogP contribution in [0.15, 0.2) is 48.8 Å². The number of nitrogens with two attached hydrogens (primary N) is 1. The maximum atomic E-state index is 6.39. The first-order chi connectivity index (χ1) is 10.1. The summed E-state index contributed by atoms with van der Waals surface area (Å²) in [5, 5.41) is 1.23. The van der Waals surface area contributed by atoms with Crippen LogP contribution in [0.25, 0.3) is 10.1 Å². The molecule has 21 heavy (non-hydrogen) atoms. The van der Waals surface area contributed by atoms with Crippen LogP contribution in [0.5, 0.6) is 5.75 Å². The average Bonchev–Trinajstić information content (AvgIpc) is 2.90. The SMILES string of the molecule is CC(C)Oc1cncc(C(N)c2cc3ccccc3s2)c1. The Morgan fingerprint density at radius 2 is 1.95 bits per heavy atom.